The summed E-state index contributed by atoms with van der Waals surface area (Å²) in [5.74, 6) is -0.204. The second-order valence-corrected chi connectivity index (χ2v) is 8.72. The van der Waals surface area contributed by atoms with E-state index in [9.17, 15) is 22.8 Å². The minimum Gasteiger partial charge on any atom is -0.353 e. The van der Waals surface area contributed by atoms with Gasteiger partial charge in [0.2, 0.25) is 5.91 Å². The SMILES string of the molecule is C[C@@H]1C(=O)NCCN1C(=O)N(C)C(c1ccc(Cl)cc1)C1CCN(CC(F)(F)F)CC1. The monoisotopic (exact) mass is 460 g/mol. The lowest BCUT2D eigenvalue weighted by Crippen LogP contribution is -2.59. The number of urea groups is 1. The van der Waals surface area contributed by atoms with Gasteiger partial charge in [-0.15, -0.1) is 0 Å². The highest BCUT2D eigenvalue weighted by atomic mass is 35.5. The first-order valence-corrected chi connectivity index (χ1v) is 10.8. The topological polar surface area (TPSA) is 55.9 Å². The molecule has 172 valence electrons. The van der Waals surface area contributed by atoms with Gasteiger partial charge in [0.15, 0.2) is 0 Å². The van der Waals surface area contributed by atoms with E-state index in [0.29, 0.717) is 44.0 Å². The van der Waals surface area contributed by atoms with Crippen LogP contribution in [0.2, 0.25) is 5.02 Å². The van der Waals surface area contributed by atoms with Gasteiger partial charge in [0.1, 0.15) is 6.04 Å². The van der Waals surface area contributed by atoms with Crippen molar-refractivity contribution in [2.45, 2.75) is 38.0 Å². The summed E-state index contributed by atoms with van der Waals surface area (Å²) in [6.45, 7) is 2.21. The number of hydrogen-bond donors (Lipinski definition) is 1. The largest absolute Gasteiger partial charge is 0.401 e. The predicted molar refractivity (Wildman–Crippen MR) is 112 cm³/mol. The van der Waals surface area contributed by atoms with E-state index < -0.39 is 18.8 Å². The lowest BCUT2D eigenvalue weighted by atomic mass is 9.84. The van der Waals surface area contributed by atoms with Crippen LogP contribution in [0, 0.1) is 5.92 Å². The molecule has 2 heterocycles. The van der Waals surface area contributed by atoms with Crippen LogP contribution in [0.5, 0.6) is 0 Å². The van der Waals surface area contributed by atoms with E-state index in [1.807, 2.05) is 12.1 Å². The fraction of sp³-hybridized carbons (Fsp3) is 0.619. The molecule has 1 N–H and O–H groups in total. The molecule has 0 saturated carbocycles. The molecule has 2 aliphatic heterocycles. The molecule has 0 aromatic heterocycles. The Morgan fingerprint density at radius 1 is 1.23 bits per heavy atom. The van der Waals surface area contributed by atoms with Crippen molar-refractivity contribution < 1.29 is 22.8 Å². The summed E-state index contributed by atoms with van der Waals surface area (Å²) >= 11 is 6.04. The van der Waals surface area contributed by atoms with E-state index >= 15 is 0 Å². The average Bonchev–Trinajstić information content (AvgIpc) is 2.71. The van der Waals surface area contributed by atoms with Crippen LogP contribution in [0.25, 0.3) is 0 Å². The van der Waals surface area contributed by atoms with E-state index in [0.717, 1.165) is 5.56 Å². The van der Waals surface area contributed by atoms with Gasteiger partial charge >= 0.3 is 12.2 Å². The van der Waals surface area contributed by atoms with Gasteiger partial charge in [-0.05, 0) is 56.5 Å². The molecule has 0 radical (unpaired) electrons. The van der Waals surface area contributed by atoms with Crippen LogP contribution < -0.4 is 5.32 Å². The predicted octanol–water partition coefficient (Wildman–Crippen LogP) is 3.53. The second-order valence-electron chi connectivity index (χ2n) is 8.28. The first-order chi connectivity index (χ1) is 14.6. The van der Waals surface area contributed by atoms with Crippen molar-refractivity contribution in [1.82, 2.24) is 20.0 Å². The summed E-state index contributed by atoms with van der Waals surface area (Å²) in [6, 6.07) is 6.03. The molecule has 1 unspecified atom stereocenters. The van der Waals surface area contributed by atoms with Gasteiger partial charge in [0.05, 0.1) is 12.6 Å². The molecule has 1 aromatic carbocycles. The van der Waals surface area contributed by atoms with Gasteiger partial charge in [-0.2, -0.15) is 13.2 Å². The Balaban J connectivity index is 1.79. The zero-order valence-corrected chi connectivity index (χ0v) is 18.4. The molecule has 2 saturated heterocycles. The number of likely N-dealkylation sites (tertiary alicyclic amines) is 1. The zero-order valence-electron chi connectivity index (χ0n) is 17.7. The highest BCUT2D eigenvalue weighted by Crippen LogP contribution is 2.36. The minimum atomic E-state index is -4.22. The molecular weight excluding hydrogens is 433 g/mol. The highest BCUT2D eigenvalue weighted by molar-refractivity contribution is 6.30. The lowest BCUT2D eigenvalue weighted by Gasteiger charge is -2.43. The molecule has 2 fully saturated rings. The summed E-state index contributed by atoms with van der Waals surface area (Å²) in [6.07, 6.45) is -3.14. The van der Waals surface area contributed by atoms with Gasteiger partial charge < -0.3 is 15.1 Å². The number of piperidine rings is 1. The molecule has 0 aliphatic carbocycles. The van der Waals surface area contributed by atoms with Crippen LogP contribution in [-0.4, -0.2) is 78.6 Å². The number of nitrogens with zero attached hydrogens (tertiary/aromatic N) is 3. The standard InChI is InChI=1S/C21H28ClF3N4O2/c1-14-19(30)26-9-12-29(14)20(31)27(2)18(15-3-5-17(22)6-4-15)16-7-10-28(11-8-16)13-21(23,24)25/h3-6,14,16,18H,7-13H2,1-2H3,(H,26,30)/t14-,18?/m1/s1. The van der Waals surface area contributed by atoms with Crippen LogP contribution in [0.3, 0.4) is 0 Å². The van der Waals surface area contributed by atoms with Crippen molar-refractivity contribution in [2.75, 3.05) is 39.8 Å². The van der Waals surface area contributed by atoms with Crippen LogP contribution in [-0.2, 0) is 4.79 Å². The number of amides is 3. The van der Waals surface area contributed by atoms with Gasteiger partial charge in [-0.25, -0.2) is 4.79 Å². The molecule has 3 amide bonds. The van der Waals surface area contributed by atoms with E-state index in [1.54, 1.807) is 35.9 Å². The summed E-state index contributed by atoms with van der Waals surface area (Å²) in [7, 11) is 1.70. The number of nitrogens with one attached hydrogen (secondary N) is 1. The fourth-order valence-corrected chi connectivity index (χ4v) is 4.64. The molecule has 2 atom stereocenters. The summed E-state index contributed by atoms with van der Waals surface area (Å²) < 4.78 is 38.3. The number of benzene rings is 1. The Labute approximate surface area is 185 Å². The average molecular weight is 461 g/mol. The lowest BCUT2D eigenvalue weighted by molar-refractivity contribution is -0.149. The summed E-state index contributed by atoms with van der Waals surface area (Å²) in [4.78, 5) is 29.9. The van der Waals surface area contributed by atoms with E-state index in [-0.39, 0.29) is 23.9 Å². The summed E-state index contributed by atoms with van der Waals surface area (Å²) in [5, 5.41) is 3.31. The van der Waals surface area contributed by atoms with Gasteiger partial charge in [0.25, 0.3) is 0 Å². The van der Waals surface area contributed by atoms with Gasteiger partial charge in [-0.1, -0.05) is 23.7 Å². The molecule has 0 spiro atoms. The Bertz CT molecular complexity index is 782. The van der Waals surface area contributed by atoms with E-state index in [4.69, 9.17) is 11.6 Å². The molecule has 31 heavy (non-hydrogen) atoms. The van der Waals surface area contributed by atoms with E-state index in [1.165, 1.54) is 4.90 Å². The Hall–Kier alpha value is -2.00. The van der Waals surface area contributed by atoms with Crippen LogP contribution >= 0.6 is 11.6 Å². The number of piperazine rings is 1. The van der Waals surface area contributed by atoms with Crippen molar-refractivity contribution in [3.8, 4) is 0 Å². The number of rotatable bonds is 4. The third kappa shape index (κ3) is 5.83. The highest BCUT2D eigenvalue weighted by Gasteiger charge is 2.39. The van der Waals surface area contributed by atoms with Crippen molar-refractivity contribution >= 4 is 23.5 Å². The quantitative estimate of drug-likeness (QED) is 0.748. The number of alkyl halides is 3. The van der Waals surface area contributed by atoms with Crippen molar-refractivity contribution in [2.24, 2.45) is 5.92 Å². The Kier molecular flexibility index (Phi) is 7.36. The molecule has 2 aliphatic rings. The smallest absolute Gasteiger partial charge is 0.353 e. The van der Waals surface area contributed by atoms with Crippen molar-refractivity contribution in [3.05, 3.63) is 34.9 Å². The maximum absolute atomic E-state index is 13.3. The molecule has 1 aromatic rings. The van der Waals surface area contributed by atoms with Gasteiger partial charge in [0, 0.05) is 25.2 Å². The third-order valence-corrected chi connectivity index (χ3v) is 6.41. The fourth-order valence-electron chi connectivity index (χ4n) is 4.52. The van der Waals surface area contributed by atoms with Crippen molar-refractivity contribution in [1.29, 1.82) is 0 Å². The summed E-state index contributed by atoms with van der Waals surface area (Å²) in [5.41, 5.74) is 0.878. The normalized spacial score (nSPS) is 22.2. The van der Waals surface area contributed by atoms with Crippen LogP contribution in [0.1, 0.15) is 31.4 Å². The second kappa shape index (κ2) is 9.65. The Morgan fingerprint density at radius 3 is 2.42 bits per heavy atom. The molecular formula is C21H28ClF3N4O2. The first-order valence-electron chi connectivity index (χ1n) is 10.4. The maximum Gasteiger partial charge on any atom is 0.401 e. The third-order valence-electron chi connectivity index (χ3n) is 6.16. The zero-order chi connectivity index (χ0) is 22.8. The van der Waals surface area contributed by atoms with Gasteiger partial charge in [-0.3, -0.25) is 9.69 Å². The van der Waals surface area contributed by atoms with Crippen molar-refractivity contribution in [3.63, 3.8) is 0 Å². The van der Waals surface area contributed by atoms with Crippen LogP contribution in [0.4, 0.5) is 18.0 Å². The molecule has 10 heteroatoms. The Morgan fingerprint density at radius 2 is 1.84 bits per heavy atom. The number of carbonyl (C=O) groups excluding carboxylic acids is 2. The first kappa shape index (κ1) is 23.7. The van der Waals surface area contributed by atoms with E-state index in [2.05, 4.69) is 5.32 Å². The molecule has 0 bridgehead atoms. The molecule has 6 nitrogen and oxygen atoms in total. The van der Waals surface area contributed by atoms with Crippen LogP contribution in [0.15, 0.2) is 24.3 Å². The molecule has 3 rings (SSSR count). The maximum atomic E-state index is 13.3. The number of hydrogen-bond acceptors (Lipinski definition) is 3. The number of halogens is 4. The number of carbonyl (C=O) groups is 2. The minimum absolute atomic E-state index is 0.00599.